The molecule has 2 aromatic rings. The molecule has 0 unspecified atom stereocenters. The van der Waals surface area contributed by atoms with Gasteiger partial charge in [0, 0.05) is 13.0 Å². The molecule has 0 atom stereocenters. The highest BCUT2D eigenvalue weighted by molar-refractivity contribution is 5.76. The summed E-state index contributed by atoms with van der Waals surface area (Å²) in [7, 11) is 0. The highest BCUT2D eigenvalue weighted by Crippen LogP contribution is 2.15. The van der Waals surface area contributed by atoms with Crippen LogP contribution >= 0.6 is 0 Å². The highest BCUT2D eigenvalue weighted by Gasteiger charge is 2.03. The molecule has 2 nitrogen and oxygen atoms in total. The lowest BCUT2D eigenvalue weighted by molar-refractivity contribution is -0.121. The van der Waals surface area contributed by atoms with Crippen molar-refractivity contribution < 1.29 is 4.79 Å². The molecule has 0 spiro atoms. The topological polar surface area (TPSA) is 29.1 Å². The van der Waals surface area contributed by atoms with E-state index in [0.717, 1.165) is 25.8 Å². The predicted molar refractivity (Wildman–Crippen MR) is 101 cm³/mol. The number of amides is 1. The van der Waals surface area contributed by atoms with Gasteiger partial charge in [0.25, 0.3) is 0 Å². The largest absolute Gasteiger partial charge is 0.356 e. The Balaban J connectivity index is 1.63. The fraction of sp³-hybridized carbons (Fsp3) is 0.409. The Hall–Kier alpha value is -2.09. The van der Waals surface area contributed by atoms with Gasteiger partial charge in [-0.2, -0.15) is 0 Å². The fourth-order valence-electron chi connectivity index (χ4n) is 2.69. The number of hydrogen-bond donors (Lipinski definition) is 1. The van der Waals surface area contributed by atoms with Gasteiger partial charge in [-0.3, -0.25) is 4.79 Å². The Labute approximate surface area is 146 Å². The zero-order chi connectivity index (χ0) is 17.4. The van der Waals surface area contributed by atoms with Crippen molar-refractivity contribution in [3.05, 3.63) is 70.8 Å². The summed E-state index contributed by atoms with van der Waals surface area (Å²) in [5.74, 6) is 0.697. The molecule has 24 heavy (non-hydrogen) atoms. The minimum absolute atomic E-state index is 0.145. The summed E-state index contributed by atoms with van der Waals surface area (Å²) < 4.78 is 0. The SMILES string of the molecule is Cc1ccc(CCCNC(=O)CCc2ccc(C(C)C)cc2)cc1. The summed E-state index contributed by atoms with van der Waals surface area (Å²) in [5.41, 5.74) is 5.20. The van der Waals surface area contributed by atoms with Crippen LogP contribution < -0.4 is 5.32 Å². The third-order valence-corrected chi connectivity index (χ3v) is 4.37. The third kappa shape index (κ3) is 6.19. The smallest absolute Gasteiger partial charge is 0.220 e. The van der Waals surface area contributed by atoms with E-state index in [1.165, 1.54) is 22.3 Å². The Bertz CT molecular complexity index is 626. The first-order chi connectivity index (χ1) is 11.5. The van der Waals surface area contributed by atoms with Crippen molar-refractivity contribution in [2.45, 2.75) is 52.4 Å². The zero-order valence-electron chi connectivity index (χ0n) is 15.1. The van der Waals surface area contributed by atoms with E-state index >= 15 is 0 Å². The molecule has 1 amide bonds. The molecule has 0 radical (unpaired) electrons. The molecular formula is C22H29NO. The van der Waals surface area contributed by atoms with Crippen molar-refractivity contribution in [2.75, 3.05) is 6.54 Å². The summed E-state index contributed by atoms with van der Waals surface area (Å²) >= 11 is 0. The van der Waals surface area contributed by atoms with Gasteiger partial charge in [-0.1, -0.05) is 67.9 Å². The van der Waals surface area contributed by atoms with Crippen molar-refractivity contribution in [2.24, 2.45) is 0 Å². The maximum atomic E-state index is 11.9. The van der Waals surface area contributed by atoms with Crippen LogP contribution in [0.1, 0.15) is 54.9 Å². The second-order valence-electron chi connectivity index (χ2n) is 6.84. The summed E-state index contributed by atoms with van der Waals surface area (Å²) in [6.45, 7) is 7.23. The quantitative estimate of drug-likeness (QED) is 0.695. The average molecular weight is 323 g/mol. The van der Waals surface area contributed by atoms with Crippen LogP contribution in [0.5, 0.6) is 0 Å². The molecule has 2 rings (SSSR count). The van der Waals surface area contributed by atoms with Gasteiger partial charge in [-0.25, -0.2) is 0 Å². The van der Waals surface area contributed by atoms with Crippen molar-refractivity contribution in [3.63, 3.8) is 0 Å². The summed E-state index contributed by atoms with van der Waals surface area (Å²) in [6, 6.07) is 17.2. The minimum atomic E-state index is 0.145. The van der Waals surface area contributed by atoms with Crippen molar-refractivity contribution in [1.29, 1.82) is 0 Å². The average Bonchev–Trinajstić information content (AvgIpc) is 2.59. The van der Waals surface area contributed by atoms with Gasteiger partial charge >= 0.3 is 0 Å². The van der Waals surface area contributed by atoms with E-state index in [-0.39, 0.29) is 5.91 Å². The van der Waals surface area contributed by atoms with Gasteiger partial charge in [-0.05, 0) is 48.8 Å². The molecule has 0 aliphatic rings. The minimum Gasteiger partial charge on any atom is -0.356 e. The second-order valence-corrected chi connectivity index (χ2v) is 6.84. The molecule has 0 bridgehead atoms. The van der Waals surface area contributed by atoms with Crippen LogP contribution in [0.15, 0.2) is 48.5 Å². The molecule has 0 aliphatic heterocycles. The molecule has 0 aromatic heterocycles. The molecule has 0 heterocycles. The molecule has 0 saturated heterocycles. The first-order valence-electron chi connectivity index (χ1n) is 8.95. The Kier molecular flexibility index (Phi) is 7.05. The zero-order valence-corrected chi connectivity index (χ0v) is 15.1. The first kappa shape index (κ1) is 18.3. The molecule has 1 N–H and O–H groups in total. The van der Waals surface area contributed by atoms with E-state index in [1.807, 2.05) is 0 Å². The Morgan fingerprint density at radius 2 is 1.50 bits per heavy atom. The fourth-order valence-corrected chi connectivity index (χ4v) is 2.69. The van der Waals surface area contributed by atoms with E-state index < -0.39 is 0 Å². The van der Waals surface area contributed by atoms with Gasteiger partial charge in [0.2, 0.25) is 5.91 Å². The number of carbonyl (C=O) groups excluding carboxylic acids is 1. The maximum Gasteiger partial charge on any atom is 0.220 e. The van der Waals surface area contributed by atoms with E-state index in [2.05, 4.69) is 74.6 Å². The summed E-state index contributed by atoms with van der Waals surface area (Å²) in [4.78, 5) is 11.9. The van der Waals surface area contributed by atoms with Crippen LogP contribution in [0.25, 0.3) is 0 Å². The second kappa shape index (κ2) is 9.27. The van der Waals surface area contributed by atoms with Gasteiger partial charge in [-0.15, -0.1) is 0 Å². The van der Waals surface area contributed by atoms with E-state index in [9.17, 15) is 4.79 Å². The number of carbonyl (C=O) groups is 1. The molecule has 0 saturated carbocycles. The number of rotatable bonds is 8. The number of benzene rings is 2. The van der Waals surface area contributed by atoms with Crippen molar-refractivity contribution in [1.82, 2.24) is 5.32 Å². The van der Waals surface area contributed by atoms with Crippen LogP contribution in [0, 0.1) is 6.92 Å². The standard InChI is InChI=1S/C22H29NO/c1-17(2)21-13-10-20(11-14-21)12-15-22(24)23-16-4-5-19-8-6-18(3)7-9-19/h6-11,13-14,17H,4-5,12,15-16H2,1-3H3,(H,23,24). The normalized spacial score (nSPS) is 10.8. The number of nitrogens with one attached hydrogen (secondary N) is 1. The monoisotopic (exact) mass is 323 g/mol. The van der Waals surface area contributed by atoms with Crippen molar-refractivity contribution in [3.8, 4) is 0 Å². The van der Waals surface area contributed by atoms with Gasteiger partial charge in [0.1, 0.15) is 0 Å². The Morgan fingerprint density at radius 1 is 0.917 bits per heavy atom. The van der Waals surface area contributed by atoms with Crippen LogP contribution in [0.4, 0.5) is 0 Å². The Morgan fingerprint density at radius 3 is 2.12 bits per heavy atom. The van der Waals surface area contributed by atoms with Crippen LogP contribution in [-0.4, -0.2) is 12.5 Å². The van der Waals surface area contributed by atoms with Gasteiger partial charge in [0.05, 0.1) is 0 Å². The maximum absolute atomic E-state index is 11.9. The molecule has 0 aliphatic carbocycles. The number of hydrogen-bond acceptors (Lipinski definition) is 1. The molecule has 0 fully saturated rings. The lowest BCUT2D eigenvalue weighted by Gasteiger charge is -2.08. The van der Waals surface area contributed by atoms with E-state index in [4.69, 9.17) is 0 Å². The molecule has 2 heteroatoms. The van der Waals surface area contributed by atoms with E-state index in [0.29, 0.717) is 12.3 Å². The highest BCUT2D eigenvalue weighted by atomic mass is 16.1. The van der Waals surface area contributed by atoms with Gasteiger partial charge in [0.15, 0.2) is 0 Å². The molecular weight excluding hydrogens is 294 g/mol. The van der Waals surface area contributed by atoms with Crippen molar-refractivity contribution >= 4 is 5.91 Å². The van der Waals surface area contributed by atoms with Crippen LogP contribution in [0.2, 0.25) is 0 Å². The van der Waals surface area contributed by atoms with Gasteiger partial charge < -0.3 is 5.32 Å². The van der Waals surface area contributed by atoms with Crippen LogP contribution in [-0.2, 0) is 17.6 Å². The molecule has 128 valence electrons. The lowest BCUT2D eigenvalue weighted by Crippen LogP contribution is -2.24. The predicted octanol–water partition coefficient (Wildman–Crippen LogP) is 4.80. The number of aryl methyl sites for hydroxylation is 3. The van der Waals surface area contributed by atoms with Crippen LogP contribution in [0.3, 0.4) is 0 Å². The summed E-state index contributed by atoms with van der Waals surface area (Å²) in [5, 5.41) is 3.03. The summed E-state index contributed by atoms with van der Waals surface area (Å²) in [6.07, 6.45) is 3.36. The third-order valence-electron chi connectivity index (χ3n) is 4.37. The first-order valence-corrected chi connectivity index (χ1v) is 8.95. The lowest BCUT2D eigenvalue weighted by atomic mass is 10.0. The van der Waals surface area contributed by atoms with E-state index in [1.54, 1.807) is 0 Å². The molecule has 2 aromatic carbocycles.